The number of hydrogen-bond acceptors (Lipinski definition) is 5. The van der Waals surface area contributed by atoms with Gasteiger partial charge in [-0.1, -0.05) is 29.7 Å². The Morgan fingerprint density at radius 1 is 1.26 bits per heavy atom. The summed E-state index contributed by atoms with van der Waals surface area (Å²) in [5.74, 6) is 3.40. The van der Waals surface area contributed by atoms with Crippen LogP contribution in [-0.2, 0) is 4.79 Å². The molecular formula is C20H20ClNO5. The molecule has 2 aromatic carbocycles. The number of carbonyl (C=O) groups is 1. The van der Waals surface area contributed by atoms with E-state index in [1.54, 1.807) is 42.5 Å². The third-order valence-electron chi connectivity index (χ3n) is 3.53. The Bertz CT molecular complexity index is 818. The molecule has 0 aliphatic heterocycles. The van der Waals surface area contributed by atoms with Gasteiger partial charge in [-0.25, -0.2) is 0 Å². The lowest BCUT2D eigenvalue weighted by Gasteiger charge is -2.14. The fraction of sp³-hybridized carbons (Fsp3) is 0.250. The van der Waals surface area contributed by atoms with Gasteiger partial charge in [0.1, 0.15) is 19.0 Å². The maximum Gasteiger partial charge on any atom is 0.253 e. The minimum absolute atomic E-state index is 0.136. The van der Waals surface area contributed by atoms with Crippen LogP contribution >= 0.6 is 11.6 Å². The summed E-state index contributed by atoms with van der Waals surface area (Å²) in [5, 5.41) is 13.1. The topological polar surface area (TPSA) is 77.0 Å². The van der Waals surface area contributed by atoms with E-state index in [-0.39, 0.29) is 19.8 Å². The van der Waals surface area contributed by atoms with Crippen LogP contribution in [0.15, 0.2) is 42.5 Å². The predicted molar refractivity (Wildman–Crippen MR) is 102 cm³/mol. The van der Waals surface area contributed by atoms with Crippen LogP contribution in [0.2, 0.25) is 5.02 Å². The summed E-state index contributed by atoms with van der Waals surface area (Å²) in [5.41, 5.74) is 0.424. The van der Waals surface area contributed by atoms with Crippen molar-refractivity contribution in [3.05, 3.63) is 53.1 Å². The molecule has 1 amide bonds. The summed E-state index contributed by atoms with van der Waals surface area (Å²) in [6, 6.07) is 11.6. The number of methoxy groups -OCH3 is 1. The van der Waals surface area contributed by atoms with Gasteiger partial charge in [-0.05, 0) is 29.8 Å². The normalized spacial score (nSPS) is 11.2. The lowest BCUT2D eigenvalue weighted by atomic mass is 10.1. The van der Waals surface area contributed by atoms with Gasteiger partial charge < -0.3 is 24.6 Å². The Morgan fingerprint density at radius 3 is 2.78 bits per heavy atom. The van der Waals surface area contributed by atoms with E-state index in [1.165, 1.54) is 7.11 Å². The molecule has 0 fully saturated rings. The highest BCUT2D eigenvalue weighted by Crippen LogP contribution is 2.31. The van der Waals surface area contributed by atoms with Crippen molar-refractivity contribution < 1.29 is 24.1 Å². The van der Waals surface area contributed by atoms with Gasteiger partial charge in [-0.15, -0.1) is 6.42 Å². The van der Waals surface area contributed by atoms with Crippen LogP contribution in [-0.4, -0.2) is 37.9 Å². The molecule has 0 aromatic heterocycles. The first-order valence-electron chi connectivity index (χ1n) is 8.13. The van der Waals surface area contributed by atoms with E-state index in [1.807, 2.05) is 0 Å². The number of aliphatic hydroxyl groups is 1. The molecule has 2 aromatic rings. The van der Waals surface area contributed by atoms with E-state index in [0.717, 1.165) is 0 Å². The van der Waals surface area contributed by atoms with Crippen molar-refractivity contribution in [3.8, 4) is 29.6 Å². The molecule has 0 radical (unpaired) electrons. The van der Waals surface area contributed by atoms with Crippen LogP contribution in [0.5, 0.6) is 17.2 Å². The standard InChI is InChI=1S/C20H20ClNO5/c1-3-10-27-17-8-7-16(13-18(17)25-2)26-11-9-22-20(24)19(23)14-5-4-6-15(21)12-14/h1,4-8,12-13,19,23H,9-11H2,2H3,(H,22,24). The molecule has 7 heteroatoms. The van der Waals surface area contributed by atoms with E-state index in [9.17, 15) is 9.90 Å². The number of amides is 1. The van der Waals surface area contributed by atoms with E-state index >= 15 is 0 Å². The molecule has 0 saturated carbocycles. The summed E-state index contributed by atoms with van der Waals surface area (Å²) in [6.45, 7) is 0.563. The van der Waals surface area contributed by atoms with E-state index in [2.05, 4.69) is 11.2 Å². The van der Waals surface area contributed by atoms with Gasteiger partial charge in [0.25, 0.3) is 5.91 Å². The summed E-state index contributed by atoms with van der Waals surface area (Å²) in [7, 11) is 1.51. The molecule has 2 rings (SSSR count). The predicted octanol–water partition coefficient (Wildman–Crippen LogP) is 2.59. The first kappa shape index (κ1) is 20.4. The fourth-order valence-corrected chi connectivity index (χ4v) is 2.44. The smallest absolute Gasteiger partial charge is 0.253 e. The SMILES string of the molecule is C#CCOc1ccc(OCCNC(=O)C(O)c2cccc(Cl)c2)cc1OC. The van der Waals surface area contributed by atoms with E-state index in [0.29, 0.717) is 27.8 Å². The molecule has 142 valence electrons. The van der Waals surface area contributed by atoms with Gasteiger partial charge >= 0.3 is 0 Å². The Kier molecular flexibility index (Phi) is 7.80. The monoisotopic (exact) mass is 389 g/mol. The van der Waals surface area contributed by atoms with Gasteiger partial charge in [0.15, 0.2) is 17.6 Å². The Balaban J connectivity index is 1.82. The molecule has 0 aliphatic rings. The van der Waals surface area contributed by atoms with Crippen LogP contribution in [0.25, 0.3) is 0 Å². The van der Waals surface area contributed by atoms with Gasteiger partial charge in [-0.2, -0.15) is 0 Å². The number of terminal acetylenes is 1. The molecule has 1 unspecified atom stereocenters. The van der Waals surface area contributed by atoms with E-state index < -0.39 is 12.0 Å². The van der Waals surface area contributed by atoms with Crippen molar-refractivity contribution in [1.82, 2.24) is 5.32 Å². The molecule has 1 atom stereocenters. The number of carbonyl (C=O) groups excluding carboxylic acids is 1. The average Bonchev–Trinajstić information content (AvgIpc) is 2.69. The van der Waals surface area contributed by atoms with Gasteiger partial charge in [0.2, 0.25) is 0 Å². The highest BCUT2D eigenvalue weighted by atomic mass is 35.5. The number of aliphatic hydroxyl groups excluding tert-OH is 1. The Hall–Kier alpha value is -2.88. The summed E-state index contributed by atoms with van der Waals surface area (Å²) >= 11 is 5.86. The molecule has 0 aliphatic carbocycles. The maximum atomic E-state index is 12.0. The Labute approximate surface area is 163 Å². The average molecular weight is 390 g/mol. The highest BCUT2D eigenvalue weighted by molar-refractivity contribution is 6.30. The second-order valence-corrected chi connectivity index (χ2v) is 5.84. The number of halogens is 1. The molecule has 0 heterocycles. The molecule has 0 spiro atoms. The van der Waals surface area contributed by atoms with Gasteiger partial charge in [-0.3, -0.25) is 4.79 Å². The van der Waals surface area contributed by atoms with Crippen molar-refractivity contribution in [1.29, 1.82) is 0 Å². The molecule has 2 N–H and O–H groups in total. The maximum absolute atomic E-state index is 12.0. The van der Waals surface area contributed by atoms with E-state index in [4.69, 9.17) is 32.2 Å². The van der Waals surface area contributed by atoms with Crippen LogP contribution in [0, 0.1) is 12.3 Å². The molecular weight excluding hydrogens is 370 g/mol. The molecule has 0 saturated heterocycles. The number of nitrogens with one attached hydrogen (secondary N) is 1. The third kappa shape index (κ3) is 6.10. The number of hydrogen-bond donors (Lipinski definition) is 2. The largest absolute Gasteiger partial charge is 0.493 e. The van der Waals surface area contributed by atoms with Crippen molar-refractivity contribution in [3.63, 3.8) is 0 Å². The number of rotatable bonds is 9. The quantitative estimate of drug-likeness (QED) is 0.509. The van der Waals surface area contributed by atoms with Gasteiger partial charge in [0, 0.05) is 11.1 Å². The zero-order valence-electron chi connectivity index (χ0n) is 14.8. The minimum Gasteiger partial charge on any atom is -0.493 e. The fourth-order valence-electron chi connectivity index (χ4n) is 2.24. The summed E-state index contributed by atoms with van der Waals surface area (Å²) in [4.78, 5) is 12.0. The van der Waals surface area contributed by atoms with Crippen LogP contribution in [0.4, 0.5) is 0 Å². The lowest BCUT2D eigenvalue weighted by Crippen LogP contribution is -2.32. The Morgan fingerprint density at radius 2 is 2.07 bits per heavy atom. The van der Waals surface area contributed by atoms with Crippen LogP contribution < -0.4 is 19.5 Å². The van der Waals surface area contributed by atoms with Crippen LogP contribution in [0.3, 0.4) is 0 Å². The van der Waals surface area contributed by atoms with Crippen molar-refractivity contribution in [2.24, 2.45) is 0 Å². The second kappa shape index (κ2) is 10.3. The molecule has 6 nitrogen and oxygen atoms in total. The zero-order valence-corrected chi connectivity index (χ0v) is 15.5. The highest BCUT2D eigenvalue weighted by Gasteiger charge is 2.17. The van der Waals surface area contributed by atoms with Crippen molar-refractivity contribution in [2.75, 3.05) is 26.9 Å². The first-order valence-corrected chi connectivity index (χ1v) is 8.51. The first-order chi connectivity index (χ1) is 13.0. The van der Waals surface area contributed by atoms with Gasteiger partial charge in [0.05, 0.1) is 13.7 Å². The second-order valence-electron chi connectivity index (χ2n) is 5.40. The molecule has 0 bridgehead atoms. The van der Waals surface area contributed by atoms with Crippen LogP contribution in [0.1, 0.15) is 11.7 Å². The zero-order chi connectivity index (χ0) is 19.6. The van der Waals surface area contributed by atoms with Crippen molar-refractivity contribution >= 4 is 17.5 Å². The number of ether oxygens (including phenoxy) is 3. The summed E-state index contributed by atoms with van der Waals surface area (Å²) in [6.07, 6.45) is 3.87. The number of benzene rings is 2. The minimum atomic E-state index is -1.30. The summed E-state index contributed by atoms with van der Waals surface area (Å²) < 4.78 is 16.2. The third-order valence-corrected chi connectivity index (χ3v) is 3.76. The lowest BCUT2D eigenvalue weighted by molar-refractivity contribution is -0.129. The van der Waals surface area contributed by atoms with Crippen molar-refractivity contribution in [2.45, 2.75) is 6.10 Å². The molecule has 27 heavy (non-hydrogen) atoms.